The number of hydrogen-bond acceptors (Lipinski definition) is 4. The normalized spacial score (nSPS) is 26.3. The molecule has 3 heterocycles. The molecule has 0 radical (unpaired) electrons. The molecule has 1 aromatic rings. The van der Waals surface area contributed by atoms with Crippen molar-refractivity contribution in [1.82, 2.24) is 20.0 Å². The summed E-state index contributed by atoms with van der Waals surface area (Å²) in [5.41, 5.74) is 0.958. The minimum atomic E-state index is -0.416. The summed E-state index contributed by atoms with van der Waals surface area (Å²) < 4.78 is 0. The number of piperidine rings is 1. The molecule has 146 valence electrons. The monoisotopic (exact) mass is 370 g/mol. The van der Waals surface area contributed by atoms with E-state index in [1.54, 1.807) is 0 Å². The second-order valence-corrected chi connectivity index (χ2v) is 8.22. The molecule has 1 aromatic carbocycles. The van der Waals surface area contributed by atoms with Gasteiger partial charge >= 0.3 is 0 Å². The average molecular weight is 370 g/mol. The minimum Gasteiger partial charge on any atom is -0.353 e. The van der Waals surface area contributed by atoms with Crippen molar-refractivity contribution in [1.29, 1.82) is 0 Å². The first-order chi connectivity index (χ1) is 13.1. The van der Waals surface area contributed by atoms with Gasteiger partial charge in [0, 0.05) is 32.7 Å². The van der Waals surface area contributed by atoms with Crippen LogP contribution in [0.3, 0.4) is 0 Å². The summed E-state index contributed by atoms with van der Waals surface area (Å²) in [6, 6.07) is 10.6. The van der Waals surface area contributed by atoms with Gasteiger partial charge in [0.2, 0.25) is 11.8 Å². The van der Waals surface area contributed by atoms with Crippen molar-refractivity contribution in [2.75, 3.05) is 52.9 Å². The van der Waals surface area contributed by atoms with Crippen LogP contribution in [-0.4, -0.2) is 84.9 Å². The maximum Gasteiger partial charge on any atom is 0.240 e. The van der Waals surface area contributed by atoms with Crippen molar-refractivity contribution in [2.24, 2.45) is 0 Å². The number of nitrogens with zero attached hydrogens (tertiary/aromatic N) is 3. The van der Waals surface area contributed by atoms with Crippen molar-refractivity contribution >= 4 is 11.8 Å². The minimum absolute atomic E-state index is 0.133. The van der Waals surface area contributed by atoms with E-state index < -0.39 is 5.54 Å². The summed E-state index contributed by atoms with van der Waals surface area (Å²) in [5, 5.41) is 3.00. The lowest BCUT2D eigenvalue weighted by molar-refractivity contribution is -0.145. The third-order valence-corrected chi connectivity index (χ3v) is 6.73. The molecule has 27 heavy (non-hydrogen) atoms. The fraction of sp³-hybridized carbons (Fsp3) is 0.619. The third kappa shape index (κ3) is 3.60. The lowest BCUT2D eigenvalue weighted by atomic mass is 9.83. The highest BCUT2D eigenvalue weighted by Crippen LogP contribution is 2.31. The van der Waals surface area contributed by atoms with Crippen molar-refractivity contribution in [3.63, 3.8) is 0 Å². The largest absolute Gasteiger partial charge is 0.353 e. The Morgan fingerprint density at radius 1 is 1.15 bits per heavy atom. The lowest BCUT2D eigenvalue weighted by Crippen LogP contribution is -2.67. The number of hydrogen-bond donors (Lipinski definition) is 1. The summed E-state index contributed by atoms with van der Waals surface area (Å²) in [4.78, 5) is 31.7. The molecule has 0 saturated carbocycles. The van der Waals surface area contributed by atoms with Crippen molar-refractivity contribution in [2.45, 2.75) is 30.7 Å². The summed E-state index contributed by atoms with van der Waals surface area (Å²) in [6.07, 6.45) is 2.58. The Hall–Kier alpha value is -1.92. The molecule has 1 atom stereocenters. The van der Waals surface area contributed by atoms with E-state index in [0.717, 1.165) is 45.4 Å². The SMILES string of the molecule is CN1CCNC(=O)C12CCN(C(=O)CN1CCC(c3ccccc3)C1)CC2. The zero-order valence-electron chi connectivity index (χ0n) is 16.2. The number of piperazine rings is 1. The fourth-order valence-electron chi connectivity index (χ4n) is 4.89. The molecule has 1 N–H and O–H groups in total. The van der Waals surface area contributed by atoms with E-state index in [9.17, 15) is 9.59 Å². The van der Waals surface area contributed by atoms with Crippen LogP contribution in [0.1, 0.15) is 30.7 Å². The Kier molecular flexibility index (Phi) is 5.19. The van der Waals surface area contributed by atoms with Gasteiger partial charge in [-0.15, -0.1) is 0 Å². The number of nitrogens with one attached hydrogen (secondary N) is 1. The number of benzene rings is 1. The predicted octanol–water partition coefficient (Wildman–Crippen LogP) is 0.899. The first-order valence-corrected chi connectivity index (χ1v) is 10.1. The molecule has 0 aliphatic carbocycles. The van der Waals surface area contributed by atoms with Crippen molar-refractivity contribution in [3.8, 4) is 0 Å². The highest BCUT2D eigenvalue weighted by atomic mass is 16.2. The van der Waals surface area contributed by atoms with Crippen LogP contribution in [0.25, 0.3) is 0 Å². The quantitative estimate of drug-likeness (QED) is 0.859. The topological polar surface area (TPSA) is 55.9 Å². The molecule has 3 fully saturated rings. The number of carbonyl (C=O) groups excluding carboxylic acids is 2. The van der Waals surface area contributed by atoms with Gasteiger partial charge in [-0.3, -0.25) is 19.4 Å². The lowest BCUT2D eigenvalue weighted by Gasteiger charge is -2.48. The molecule has 6 heteroatoms. The standard InChI is InChI=1S/C21H30N4O2/c1-23-14-10-22-20(27)21(23)8-12-25(13-9-21)19(26)16-24-11-7-18(15-24)17-5-3-2-4-6-17/h2-6,18H,7-16H2,1H3,(H,22,27). The summed E-state index contributed by atoms with van der Waals surface area (Å²) in [5.74, 6) is 0.870. The van der Waals surface area contributed by atoms with Crippen LogP contribution in [-0.2, 0) is 9.59 Å². The Labute approximate surface area is 161 Å². The third-order valence-electron chi connectivity index (χ3n) is 6.73. The summed E-state index contributed by atoms with van der Waals surface area (Å²) >= 11 is 0. The summed E-state index contributed by atoms with van der Waals surface area (Å²) in [7, 11) is 2.03. The zero-order valence-corrected chi connectivity index (χ0v) is 16.2. The van der Waals surface area contributed by atoms with Gasteiger partial charge in [0.05, 0.1) is 6.54 Å². The van der Waals surface area contributed by atoms with Crippen LogP contribution in [0, 0.1) is 0 Å². The van der Waals surface area contributed by atoms with E-state index in [1.165, 1.54) is 5.56 Å². The van der Waals surface area contributed by atoms with Crippen LogP contribution in [0.2, 0.25) is 0 Å². The Bertz CT molecular complexity index is 685. The Balaban J connectivity index is 1.30. The van der Waals surface area contributed by atoms with E-state index in [2.05, 4.69) is 39.4 Å². The highest BCUT2D eigenvalue weighted by molar-refractivity contribution is 5.87. The van der Waals surface area contributed by atoms with Gasteiger partial charge < -0.3 is 10.2 Å². The number of carbonyl (C=O) groups is 2. The molecule has 2 amide bonds. The molecule has 1 spiro atoms. The van der Waals surface area contributed by atoms with Gasteiger partial charge in [-0.25, -0.2) is 0 Å². The fourth-order valence-corrected chi connectivity index (χ4v) is 4.89. The predicted molar refractivity (Wildman–Crippen MR) is 104 cm³/mol. The molecular formula is C21H30N4O2. The van der Waals surface area contributed by atoms with E-state index in [1.807, 2.05) is 18.0 Å². The summed E-state index contributed by atoms with van der Waals surface area (Å²) in [6.45, 7) is 5.38. The van der Waals surface area contributed by atoms with Crippen LogP contribution in [0.15, 0.2) is 30.3 Å². The van der Waals surface area contributed by atoms with Crippen LogP contribution >= 0.6 is 0 Å². The van der Waals surface area contributed by atoms with Gasteiger partial charge in [-0.2, -0.15) is 0 Å². The molecule has 3 aliphatic heterocycles. The van der Waals surface area contributed by atoms with Gasteiger partial charge in [0.15, 0.2) is 0 Å². The van der Waals surface area contributed by atoms with Gasteiger partial charge in [0.1, 0.15) is 5.54 Å². The molecule has 0 bridgehead atoms. The van der Waals surface area contributed by atoms with E-state index in [4.69, 9.17) is 0 Å². The van der Waals surface area contributed by atoms with E-state index in [-0.39, 0.29) is 11.8 Å². The van der Waals surface area contributed by atoms with Crippen molar-refractivity contribution < 1.29 is 9.59 Å². The number of likely N-dealkylation sites (N-methyl/N-ethyl adjacent to an activating group) is 1. The van der Waals surface area contributed by atoms with E-state index >= 15 is 0 Å². The maximum atomic E-state index is 12.8. The van der Waals surface area contributed by atoms with Crippen LogP contribution in [0.4, 0.5) is 0 Å². The Morgan fingerprint density at radius 3 is 2.59 bits per heavy atom. The first kappa shape index (κ1) is 18.4. The molecule has 3 saturated heterocycles. The van der Waals surface area contributed by atoms with Crippen LogP contribution < -0.4 is 5.32 Å². The molecule has 0 aromatic heterocycles. The molecule has 3 aliphatic rings. The van der Waals surface area contributed by atoms with Crippen molar-refractivity contribution in [3.05, 3.63) is 35.9 Å². The second-order valence-electron chi connectivity index (χ2n) is 8.22. The van der Waals surface area contributed by atoms with Gasteiger partial charge in [-0.1, -0.05) is 30.3 Å². The molecular weight excluding hydrogens is 340 g/mol. The zero-order chi connectivity index (χ0) is 18.9. The van der Waals surface area contributed by atoms with E-state index in [0.29, 0.717) is 25.6 Å². The molecule has 4 rings (SSSR count). The molecule has 1 unspecified atom stereocenters. The second kappa shape index (κ2) is 7.60. The average Bonchev–Trinajstić information content (AvgIpc) is 3.16. The number of likely N-dealkylation sites (tertiary alicyclic amines) is 2. The van der Waals surface area contributed by atoms with Crippen LogP contribution in [0.5, 0.6) is 0 Å². The highest BCUT2D eigenvalue weighted by Gasteiger charge is 2.47. The smallest absolute Gasteiger partial charge is 0.240 e. The number of rotatable bonds is 3. The van der Waals surface area contributed by atoms with Gasteiger partial charge in [-0.05, 0) is 44.3 Å². The molecule has 6 nitrogen and oxygen atoms in total. The first-order valence-electron chi connectivity index (χ1n) is 10.1. The van der Waals surface area contributed by atoms with Gasteiger partial charge in [0.25, 0.3) is 0 Å². The number of amides is 2. The Morgan fingerprint density at radius 2 is 1.89 bits per heavy atom. The maximum absolute atomic E-state index is 12.8.